The Balaban J connectivity index is 1.89. The molecule has 33 heavy (non-hydrogen) atoms. The van der Waals surface area contributed by atoms with Crippen LogP contribution in [0.1, 0.15) is 44.0 Å². The van der Waals surface area contributed by atoms with E-state index in [1.54, 1.807) is 48.5 Å². The summed E-state index contributed by atoms with van der Waals surface area (Å²) in [5, 5.41) is 0.400. The SMILES string of the molecule is COc1c(OC(=O)c2ccccc2)c2cccc(OC/C=C(\C)CCC=C(C)C)c2oc1=O. The fourth-order valence-corrected chi connectivity index (χ4v) is 3.24. The van der Waals surface area contributed by atoms with Crippen molar-refractivity contribution in [1.82, 2.24) is 0 Å². The summed E-state index contributed by atoms with van der Waals surface area (Å²) >= 11 is 0. The number of allylic oxidation sites excluding steroid dienone is 3. The molecule has 3 rings (SSSR count). The minimum absolute atomic E-state index is 0.00324. The van der Waals surface area contributed by atoms with Crippen LogP contribution in [-0.2, 0) is 0 Å². The zero-order valence-electron chi connectivity index (χ0n) is 19.3. The lowest BCUT2D eigenvalue weighted by Gasteiger charge is -2.13. The van der Waals surface area contributed by atoms with E-state index in [0.29, 0.717) is 23.3 Å². The molecule has 172 valence electrons. The summed E-state index contributed by atoms with van der Waals surface area (Å²) in [6.45, 7) is 6.53. The minimum atomic E-state index is -0.759. The largest absolute Gasteiger partial charge is 0.487 e. The van der Waals surface area contributed by atoms with Crippen LogP contribution in [0.3, 0.4) is 0 Å². The Labute approximate surface area is 193 Å². The molecule has 6 nitrogen and oxygen atoms in total. The van der Waals surface area contributed by atoms with Gasteiger partial charge < -0.3 is 18.6 Å². The predicted octanol–water partition coefficient (Wildman–Crippen LogP) is 6.09. The number of methoxy groups -OCH3 is 1. The third-order valence-electron chi connectivity index (χ3n) is 4.98. The number of rotatable bonds is 9. The number of carbonyl (C=O) groups is 1. The fourth-order valence-electron chi connectivity index (χ4n) is 3.24. The topological polar surface area (TPSA) is 75.0 Å². The lowest BCUT2D eigenvalue weighted by molar-refractivity contribution is 0.0731. The molecule has 0 radical (unpaired) electrons. The van der Waals surface area contributed by atoms with Gasteiger partial charge in [0, 0.05) is 0 Å². The molecular formula is C27H28O6. The second-order valence-corrected chi connectivity index (χ2v) is 7.82. The van der Waals surface area contributed by atoms with Gasteiger partial charge in [-0.2, -0.15) is 0 Å². The summed E-state index contributed by atoms with van der Waals surface area (Å²) in [7, 11) is 1.32. The van der Waals surface area contributed by atoms with Crippen molar-refractivity contribution in [2.24, 2.45) is 0 Å². The van der Waals surface area contributed by atoms with Crippen molar-refractivity contribution in [3.05, 3.63) is 87.8 Å². The Bertz CT molecular complexity index is 1230. The molecule has 0 aliphatic rings. The van der Waals surface area contributed by atoms with Crippen LogP contribution in [0.5, 0.6) is 17.2 Å². The average Bonchev–Trinajstić information content (AvgIpc) is 2.80. The van der Waals surface area contributed by atoms with Gasteiger partial charge in [0.05, 0.1) is 18.1 Å². The maximum atomic E-state index is 12.6. The predicted molar refractivity (Wildman–Crippen MR) is 128 cm³/mol. The van der Waals surface area contributed by atoms with E-state index >= 15 is 0 Å². The molecule has 3 aromatic rings. The van der Waals surface area contributed by atoms with Crippen LogP contribution < -0.4 is 19.8 Å². The van der Waals surface area contributed by atoms with Gasteiger partial charge in [0.1, 0.15) is 6.61 Å². The maximum Gasteiger partial charge on any atom is 0.383 e. The van der Waals surface area contributed by atoms with Gasteiger partial charge in [-0.3, -0.25) is 0 Å². The monoisotopic (exact) mass is 448 g/mol. The molecule has 6 heteroatoms. The second-order valence-electron chi connectivity index (χ2n) is 7.82. The first-order chi connectivity index (χ1) is 15.9. The highest BCUT2D eigenvalue weighted by atomic mass is 16.6. The summed E-state index contributed by atoms with van der Waals surface area (Å²) in [5.41, 5.74) is 2.28. The van der Waals surface area contributed by atoms with Crippen LogP contribution in [0.4, 0.5) is 0 Å². The van der Waals surface area contributed by atoms with Crippen molar-refractivity contribution in [3.8, 4) is 17.2 Å². The van der Waals surface area contributed by atoms with Crippen molar-refractivity contribution in [1.29, 1.82) is 0 Å². The molecule has 0 aliphatic carbocycles. The fraction of sp³-hybridized carbons (Fsp3) is 0.259. The Hall–Kier alpha value is -3.80. The number of para-hydroxylation sites is 1. The lowest BCUT2D eigenvalue weighted by Crippen LogP contribution is -2.13. The Morgan fingerprint density at radius 3 is 2.42 bits per heavy atom. The third kappa shape index (κ3) is 6.13. The van der Waals surface area contributed by atoms with Crippen LogP contribution in [0.2, 0.25) is 0 Å². The molecule has 0 atom stereocenters. The highest BCUT2D eigenvalue weighted by Gasteiger charge is 2.22. The van der Waals surface area contributed by atoms with E-state index < -0.39 is 11.6 Å². The maximum absolute atomic E-state index is 12.6. The van der Waals surface area contributed by atoms with Crippen molar-refractivity contribution in [2.45, 2.75) is 33.6 Å². The van der Waals surface area contributed by atoms with Gasteiger partial charge in [0.15, 0.2) is 17.1 Å². The highest BCUT2D eigenvalue weighted by Crippen LogP contribution is 2.37. The van der Waals surface area contributed by atoms with E-state index in [9.17, 15) is 9.59 Å². The Morgan fingerprint density at radius 1 is 0.970 bits per heavy atom. The molecule has 1 heterocycles. The zero-order valence-corrected chi connectivity index (χ0v) is 19.3. The van der Waals surface area contributed by atoms with Gasteiger partial charge in [0.25, 0.3) is 0 Å². The van der Waals surface area contributed by atoms with E-state index in [1.807, 2.05) is 6.08 Å². The van der Waals surface area contributed by atoms with Crippen LogP contribution >= 0.6 is 0 Å². The van der Waals surface area contributed by atoms with E-state index in [0.717, 1.165) is 12.8 Å². The first-order valence-electron chi connectivity index (χ1n) is 10.7. The number of hydrogen-bond donors (Lipinski definition) is 0. The van der Waals surface area contributed by atoms with E-state index in [-0.39, 0.29) is 17.1 Å². The first kappa shape index (κ1) is 23.9. The normalized spacial score (nSPS) is 11.2. The highest BCUT2D eigenvalue weighted by molar-refractivity contribution is 5.96. The number of benzene rings is 2. The van der Waals surface area contributed by atoms with E-state index in [2.05, 4.69) is 26.8 Å². The molecule has 0 saturated carbocycles. The molecular weight excluding hydrogens is 420 g/mol. The summed E-state index contributed by atoms with van der Waals surface area (Å²) in [5.74, 6) is -0.421. The van der Waals surface area contributed by atoms with Crippen LogP contribution in [0, 0.1) is 0 Å². The standard InChI is InChI=1S/C27H28O6/c1-18(2)10-8-11-19(3)16-17-31-22-15-9-14-21-23(22)32-27(29)25(30-4)24(21)33-26(28)20-12-6-5-7-13-20/h5-7,9-10,12-16H,8,11,17H2,1-4H3/b19-16+. The van der Waals surface area contributed by atoms with Gasteiger partial charge in [-0.05, 0) is 64.0 Å². The third-order valence-corrected chi connectivity index (χ3v) is 4.98. The molecule has 0 unspecified atom stereocenters. The molecule has 1 aromatic heterocycles. The Kier molecular flexibility index (Phi) is 8.08. The lowest BCUT2D eigenvalue weighted by atomic mass is 10.1. The summed E-state index contributed by atoms with van der Waals surface area (Å²) in [6, 6.07) is 13.6. The molecule has 0 saturated heterocycles. The Morgan fingerprint density at radius 2 is 1.73 bits per heavy atom. The first-order valence-corrected chi connectivity index (χ1v) is 10.7. The van der Waals surface area contributed by atoms with Crippen molar-refractivity contribution >= 4 is 16.9 Å². The van der Waals surface area contributed by atoms with E-state index in [4.69, 9.17) is 18.6 Å². The van der Waals surface area contributed by atoms with Gasteiger partial charge in [0.2, 0.25) is 5.75 Å². The number of esters is 1. The molecule has 0 fully saturated rings. The minimum Gasteiger partial charge on any atom is -0.487 e. The summed E-state index contributed by atoms with van der Waals surface area (Å²) < 4.78 is 22.1. The number of hydrogen-bond acceptors (Lipinski definition) is 6. The van der Waals surface area contributed by atoms with Crippen molar-refractivity contribution in [2.75, 3.05) is 13.7 Å². The average molecular weight is 449 g/mol. The second kappa shape index (κ2) is 11.2. The molecule has 0 bridgehead atoms. The van der Waals surface area contributed by atoms with Gasteiger partial charge in [-0.1, -0.05) is 41.5 Å². The molecule has 0 spiro atoms. The van der Waals surface area contributed by atoms with Gasteiger partial charge >= 0.3 is 11.6 Å². The van der Waals surface area contributed by atoms with Crippen LogP contribution in [0.15, 0.2) is 81.0 Å². The van der Waals surface area contributed by atoms with Gasteiger partial charge in [-0.15, -0.1) is 0 Å². The molecule has 0 N–H and O–H groups in total. The summed E-state index contributed by atoms with van der Waals surface area (Å²) in [6.07, 6.45) is 6.11. The smallest absolute Gasteiger partial charge is 0.383 e. The van der Waals surface area contributed by atoms with E-state index in [1.165, 1.54) is 18.3 Å². The number of carbonyl (C=O) groups excluding carboxylic acids is 1. The number of fused-ring (bicyclic) bond motifs is 1. The molecule has 0 aliphatic heterocycles. The molecule has 0 amide bonds. The molecule has 2 aromatic carbocycles. The zero-order chi connectivity index (χ0) is 23.8. The quantitative estimate of drug-likeness (QED) is 0.224. The van der Waals surface area contributed by atoms with Crippen LogP contribution in [0.25, 0.3) is 11.0 Å². The van der Waals surface area contributed by atoms with Crippen molar-refractivity contribution in [3.63, 3.8) is 0 Å². The summed E-state index contributed by atoms with van der Waals surface area (Å²) in [4.78, 5) is 25.2. The van der Waals surface area contributed by atoms with Crippen LogP contribution in [-0.4, -0.2) is 19.7 Å². The van der Waals surface area contributed by atoms with Gasteiger partial charge in [-0.25, -0.2) is 9.59 Å². The number of ether oxygens (including phenoxy) is 3. The van der Waals surface area contributed by atoms with Crippen molar-refractivity contribution < 1.29 is 23.4 Å².